The van der Waals surface area contributed by atoms with Crippen LogP contribution in [0.1, 0.15) is 17.5 Å². The Labute approximate surface area is 218 Å². The van der Waals surface area contributed by atoms with Gasteiger partial charge in [-0.15, -0.1) is 24.0 Å². The van der Waals surface area contributed by atoms with Gasteiger partial charge in [-0.3, -0.25) is 4.99 Å². The molecular formula is C25H33IN6O2. The average molecular weight is 576 g/mol. The van der Waals surface area contributed by atoms with Crippen molar-refractivity contribution in [1.82, 2.24) is 20.2 Å². The van der Waals surface area contributed by atoms with Crippen molar-refractivity contribution < 1.29 is 9.47 Å². The van der Waals surface area contributed by atoms with Gasteiger partial charge in [-0.2, -0.15) is 0 Å². The van der Waals surface area contributed by atoms with Crippen molar-refractivity contribution in [2.75, 3.05) is 39.3 Å². The molecule has 2 aromatic carbocycles. The van der Waals surface area contributed by atoms with E-state index in [9.17, 15) is 0 Å². The van der Waals surface area contributed by atoms with E-state index in [1.807, 2.05) is 25.6 Å². The highest BCUT2D eigenvalue weighted by atomic mass is 127. The van der Waals surface area contributed by atoms with Crippen molar-refractivity contribution in [2.24, 2.45) is 4.99 Å². The molecule has 1 fully saturated rings. The van der Waals surface area contributed by atoms with Gasteiger partial charge in [0.2, 0.25) is 0 Å². The van der Waals surface area contributed by atoms with Crippen LogP contribution in [0.25, 0.3) is 0 Å². The lowest BCUT2D eigenvalue weighted by Gasteiger charge is -2.21. The molecule has 1 atom stereocenters. The molecule has 1 aromatic heterocycles. The number of hydrogen-bond donors (Lipinski definition) is 2. The van der Waals surface area contributed by atoms with Crippen LogP contribution in [-0.4, -0.2) is 55.9 Å². The summed E-state index contributed by atoms with van der Waals surface area (Å²) in [7, 11) is 5.16. The van der Waals surface area contributed by atoms with Crippen LogP contribution in [0.5, 0.6) is 11.5 Å². The van der Waals surface area contributed by atoms with Gasteiger partial charge in [0.1, 0.15) is 11.5 Å². The van der Waals surface area contributed by atoms with Crippen molar-refractivity contribution in [3.63, 3.8) is 0 Å². The number of imidazole rings is 1. The second-order valence-electron chi connectivity index (χ2n) is 8.12. The van der Waals surface area contributed by atoms with E-state index in [2.05, 4.69) is 66.5 Å². The summed E-state index contributed by atoms with van der Waals surface area (Å²) in [5, 5.41) is 6.99. The minimum absolute atomic E-state index is 0. The van der Waals surface area contributed by atoms with Crippen LogP contribution < -0.4 is 25.0 Å². The Bertz CT molecular complexity index is 1030. The Kier molecular flexibility index (Phi) is 9.43. The fourth-order valence-corrected chi connectivity index (χ4v) is 4.01. The van der Waals surface area contributed by atoms with E-state index in [1.54, 1.807) is 20.4 Å². The van der Waals surface area contributed by atoms with Crippen molar-refractivity contribution in [3.05, 3.63) is 72.3 Å². The first kappa shape index (κ1) is 25.7. The van der Waals surface area contributed by atoms with E-state index in [4.69, 9.17) is 9.47 Å². The second-order valence-corrected chi connectivity index (χ2v) is 8.12. The molecule has 1 aliphatic heterocycles. The summed E-state index contributed by atoms with van der Waals surface area (Å²) in [6, 6.07) is 14.9. The maximum Gasteiger partial charge on any atom is 0.191 e. The summed E-state index contributed by atoms with van der Waals surface area (Å²) < 4.78 is 12.9. The Morgan fingerprint density at radius 3 is 2.41 bits per heavy atom. The van der Waals surface area contributed by atoms with Gasteiger partial charge in [-0.05, 0) is 17.5 Å². The summed E-state index contributed by atoms with van der Waals surface area (Å²) in [5.41, 5.74) is 3.57. The first-order chi connectivity index (χ1) is 16.2. The third-order valence-corrected chi connectivity index (χ3v) is 5.86. The smallest absolute Gasteiger partial charge is 0.191 e. The minimum Gasteiger partial charge on any atom is -0.497 e. The number of guanidine groups is 1. The van der Waals surface area contributed by atoms with Gasteiger partial charge >= 0.3 is 0 Å². The molecule has 9 heteroatoms. The highest BCUT2D eigenvalue weighted by molar-refractivity contribution is 14.0. The molecule has 1 saturated heterocycles. The first-order valence-corrected chi connectivity index (χ1v) is 11.2. The number of benzene rings is 2. The standard InChI is InChI=1S/C25H32N6O2.HI/c1-26-25(28-15-19-4-6-20(7-5-19)16-30-11-9-27-18-30)29-21-8-10-31(17-21)22-12-23(32-2)14-24(13-22)33-3;/h4-7,9,11-14,18,21H,8,10,15-17H2,1-3H3,(H2,26,28,29);1H. The van der Waals surface area contributed by atoms with Crippen molar-refractivity contribution in [3.8, 4) is 11.5 Å². The maximum atomic E-state index is 5.42. The number of nitrogens with one attached hydrogen (secondary N) is 2. The quantitative estimate of drug-likeness (QED) is 0.243. The third-order valence-electron chi connectivity index (χ3n) is 5.86. The molecule has 2 N–H and O–H groups in total. The largest absolute Gasteiger partial charge is 0.497 e. The lowest BCUT2D eigenvalue weighted by atomic mass is 10.1. The van der Waals surface area contributed by atoms with E-state index < -0.39 is 0 Å². The number of halogens is 1. The predicted octanol–water partition coefficient (Wildman–Crippen LogP) is 3.51. The normalized spacial score (nSPS) is 15.6. The summed E-state index contributed by atoms with van der Waals surface area (Å²) in [6.07, 6.45) is 6.64. The third kappa shape index (κ3) is 6.78. The summed E-state index contributed by atoms with van der Waals surface area (Å²) in [6.45, 7) is 3.39. The van der Waals surface area contributed by atoms with E-state index in [1.165, 1.54) is 11.1 Å². The van der Waals surface area contributed by atoms with Gasteiger partial charge in [0.05, 0.1) is 20.5 Å². The number of ether oxygens (including phenoxy) is 2. The number of nitrogens with zero attached hydrogens (tertiary/aromatic N) is 4. The molecule has 1 aliphatic rings. The molecule has 0 amide bonds. The molecule has 0 saturated carbocycles. The van der Waals surface area contributed by atoms with Gasteiger partial charge in [-0.1, -0.05) is 24.3 Å². The topological polar surface area (TPSA) is 75.9 Å². The number of methoxy groups -OCH3 is 2. The number of hydrogen-bond acceptors (Lipinski definition) is 5. The Hall–Kier alpha value is -2.95. The van der Waals surface area contributed by atoms with Crippen molar-refractivity contribution in [2.45, 2.75) is 25.6 Å². The molecule has 0 aliphatic carbocycles. The fraction of sp³-hybridized carbons (Fsp3) is 0.360. The second kappa shape index (κ2) is 12.5. The van der Waals surface area contributed by atoms with E-state index >= 15 is 0 Å². The van der Waals surface area contributed by atoms with Gasteiger partial charge < -0.3 is 29.6 Å². The number of aromatic nitrogens is 2. The van der Waals surface area contributed by atoms with E-state index in [-0.39, 0.29) is 24.0 Å². The minimum atomic E-state index is 0. The van der Waals surface area contributed by atoms with Gasteiger partial charge in [0, 0.05) is 75.5 Å². The zero-order chi connectivity index (χ0) is 23.0. The van der Waals surface area contributed by atoms with Crippen LogP contribution in [-0.2, 0) is 13.1 Å². The van der Waals surface area contributed by atoms with E-state index in [0.29, 0.717) is 12.6 Å². The SMILES string of the molecule is CN=C(NCc1ccc(Cn2ccnc2)cc1)NC1CCN(c2cc(OC)cc(OC)c2)C1.I. The fourth-order valence-electron chi connectivity index (χ4n) is 4.01. The monoisotopic (exact) mass is 576 g/mol. The Morgan fingerprint density at radius 1 is 1.09 bits per heavy atom. The lowest BCUT2D eigenvalue weighted by Crippen LogP contribution is -2.44. The van der Waals surface area contributed by atoms with E-state index in [0.717, 1.165) is 49.2 Å². The number of aliphatic imine (C=N–C) groups is 1. The Morgan fingerprint density at radius 2 is 1.79 bits per heavy atom. The molecule has 3 aromatic rings. The molecule has 8 nitrogen and oxygen atoms in total. The van der Waals surface area contributed by atoms with Crippen molar-refractivity contribution in [1.29, 1.82) is 0 Å². The van der Waals surface area contributed by atoms with Crippen LogP contribution in [0.4, 0.5) is 5.69 Å². The average Bonchev–Trinajstić information content (AvgIpc) is 3.54. The highest BCUT2D eigenvalue weighted by Crippen LogP contribution is 2.30. The van der Waals surface area contributed by atoms with Gasteiger partial charge in [0.25, 0.3) is 0 Å². The molecule has 4 rings (SSSR count). The number of rotatable bonds is 8. The molecule has 1 unspecified atom stereocenters. The number of anilines is 1. The predicted molar refractivity (Wildman–Crippen MR) is 147 cm³/mol. The highest BCUT2D eigenvalue weighted by Gasteiger charge is 2.24. The molecule has 2 heterocycles. The van der Waals surface area contributed by atoms with Crippen LogP contribution in [0.3, 0.4) is 0 Å². The van der Waals surface area contributed by atoms with Gasteiger partial charge in [-0.25, -0.2) is 4.98 Å². The molecule has 34 heavy (non-hydrogen) atoms. The molecule has 0 spiro atoms. The Balaban J connectivity index is 0.00000324. The first-order valence-electron chi connectivity index (χ1n) is 11.2. The van der Waals surface area contributed by atoms with Crippen LogP contribution in [0.2, 0.25) is 0 Å². The molecule has 0 bridgehead atoms. The summed E-state index contributed by atoms with van der Waals surface area (Å²) in [4.78, 5) is 10.8. The van der Waals surface area contributed by atoms with Crippen LogP contribution >= 0.6 is 24.0 Å². The summed E-state index contributed by atoms with van der Waals surface area (Å²) in [5.74, 6) is 2.41. The van der Waals surface area contributed by atoms with Crippen LogP contribution in [0.15, 0.2) is 66.2 Å². The lowest BCUT2D eigenvalue weighted by molar-refractivity contribution is 0.394. The zero-order valence-electron chi connectivity index (χ0n) is 19.9. The maximum absolute atomic E-state index is 5.42. The van der Waals surface area contributed by atoms with Gasteiger partial charge in [0.15, 0.2) is 5.96 Å². The van der Waals surface area contributed by atoms with Crippen molar-refractivity contribution >= 4 is 35.6 Å². The van der Waals surface area contributed by atoms with Crippen LogP contribution in [0, 0.1) is 0 Å². The molecular weight excluding hydrogens is 543 g/mol. The summed E-state index contributed by atoms with van der Waals surface area (Å²) >= 11 is 0. The molecule has 0 radical (unpaired) electrons. The molecule has 182 valence electrons. The zero-order valence-corrected chi connectivity index (χ0v) is 22.2.